The molecule has 1 fully saturated rings. The van der Waals surface area contributed by atoms with Gasteiger partial charge in [-0.05, 0) is 6.92 Å². The summed E-state index contributed by atoms with van der Waals surface area (Å²) < 4.78 is 13.1. The maximum atomic E-state index is 11.8. The average Bonchev–Trinajstić information content (AvgIpc) is 3.41. The monoisotopic (exact) mass is 405 g/mol. The van der Waals surface area contributed by atoms with Crippen molar-refractivity contribution >= 4 is 23.0 Å². The van der Waals surface area contributed by atoms with Crippen LogP contribution in [0.1, 0.15) is 23.5 Å². The quantitative estimate of drug-likeness (QED) is 0.358. The number of nitrogen functional groups attached to an aromatic ring is 1. The van der Waals surface area contributed by atoms with Crippen molar-refractivity contribution in [3.8, 4) is 5.95 Å². The maximum absolute atomic E-state index is 11.8. The number of hydrogen-bond acceptors (Lipinski definition) is 11. The van der Waals surface area contributed by atoms with Crippen LogP contribution < -0.4 is 5.73 Å². The molecule has 0 saturated carbocycles. The fourth-order valence-electron chi connectivity index (χ4n) is 3.08. The number of carbonyl (C=O) groups excluding carboxylic acids is 1. The lowest BCUT2D eigenvalue weighted by Crippen LogP contribution is -2.33. The lowest BCUT2D eigenvalue weighted by atomic mass is 10.1. The number of ether oxygens (including phenoxy) is 2. The summed E-state index contributed by atoms with van der Waals surface area (Å²) in [4.78, 5) is 24.5. The van der Waals surface area contributed by atoms with Gasteiger partial charge in [0, 0.05) is 6.20 Å². The summed E-state index contributed by atoms with van der Waals surface area (Å²) in [6.45, 7) is 1.45. The molecule has 3 aromatic rings. The van der Waals surface area contributed by atoms with E-state index in [2.05, 4.69) is 20.1 Å². The van der Waals surface area contributed by atoms with Crippen molar-refractivity contribution in [2.24, 2.45) is 0 Å². The predicted octanol–water partition coefficient (Wildman–Crippen LogP) is -1.62. The third kappa shape index (κ3) is 3.19. The van der Waals surface area contributed by atoms with E-state index in [1.807, 2.05) is 0 Å². The van der Waals surface area contributed by atoms with E-state index in [1.54, 1.807) is 6.92 Å². The van der Waals surface area contributed by atoms with Gasteiger partial charge >= 0.3 is 5.97 Å². The van der Waals surface area contributed by atoms with Crippen molar-refractivity contribution in [2.75, 3.05) is 18.9 Å². The number of hydrogen-bond donors (Lipinski definition) is 4. The number of esters is 1. The van der Waals surface area contributed by atoms with Crippen LogP contribution in [0.15, 0.2) is 18.7 Å². The number of imidazole rings is 1. The molecule has 0 spiro atoms. The van der Waals surface area contributed by atoms with Crippen LogP contribution in [-0.2, 0) is 9.47 Å². The number of rotatable bonds is 5. The summed E-state index contributed by atoms with van der Waals surface area (Å²) in [6.07, 6.45) is -0.542. The largest absolute Gasteiger partial charge is 0.462 e. The number of nitrogens with zero attached hydrogens (tertiary/aromatic N) is 6. The summed E-state index contributed by atoms with van der Waals surface area (Å²) >= 11 is 0. The van der Waals surface area contributed by atoms with Crippen LogP contribution in [0.5, 0.6) is 0 Å². The van der Waals surface area contributed by atoms with Gasteiger partial charge in [-0.2, -0.15) is 15.1 Å². The third-order valence-corrected chi connectivity index (χ3v) is 4.53. The van der Waals surface area contributed by atoms with Crippen molar-refractivity contribution < 1.29 is 29.6 Å². The molecule has 1 saturated heterocycles. The Kier molecular flexibility index (Phi) is 4.87. The summed E-state index contributed by atoms with van der Waals surface area (Å²) in [5, 5.41) is 33.6. The van der Waals surface area contributed by atoms with Gasteiger partial charge in [-0.15, -0.1) is 0 Å². The molecule has 0 amide bonds. The Morgan fingerprint density at radius 3 is 2.83 bits per heavy atom. The number of carbonyl (C=O) groups is 1. The zero-order chi connectivity index (χ0) is 20.7. The number of anilines is 1. The molecular formula is C16H19N7O6. The Bertz CT molecular complexity index is 1050. The molecule has 3 aromatic heterocycles. The Morgan fingerprint density at radius 2 is 2.14 bits per heavy atom. The van der Waals surface area contributed by atoms with Crippen molar-refractivity contribution in [3.63, 3.8) is 0 Å². The maximum Gasteiger partial charge on any atom is 0.341 e. The summed E-state index contributed by atoms with van der Waals surface area (Å²) in [5.74, 6) is -0.438. The number of nitrogens with two attached hydrogens (primary N) is 1. The van der Waals surface area contributed by atoms with Crippen molar-refractivity contribution in [3.05, 3.63) is 24.3 Å². The summed E-state index contributed by atoms with van der Waals surface area (Å²) in [5.41, 5.74) is 6.67. The first-order valence-electron chi connectivity index (χ1n) is 8.79. The fourth-order valence-corrected chi connectivity index (χ4v) is 3.08. The van der Waals surface area contributed by atoms with Gasteiger partial charge < -0.3 is 30.5 Å². The van der Waals surface area contributed by atoms with E-state index in [-0.39, 0.29) is 35.1 Å². The van der Waals surface area contributed by atoms with Gasteiger partial charge in [0.2, 0.25) is 0 Å². The Balaban J connectivity index is 1.74. The van der Waals surface area contributed by atoms with Crippen molar-refractivity contribution in [2.45, 2.75) is 31.5 Å². The number of fused-ring (bicyclic) bond motifs is 1. The van der Waals surface area contributed by atoms with Crippen LogP contribution in [0.3, 0.4) is 0 Å². The van der Waals surface area contributed by atoms with Gasteiger partial charge in [0.15, 0.2) is 17.7 Å². The van der Waals surface area contributed by atoms with Gasteiger partial charge in [-0.3, -0.25) is 4.57 Å². The molecule has 0 aliphatic carbocycles. The second kappa shape index (κ2) is 7.36. The second-order valence-electron chi connectivity index (χ2n) is 6.36. The number of aromatic nitrogens is 6. The van der Waals surface area contributed by atoms with Gasteiger partial charge in [0.05, 0.1) is 31.3 Å². The Hall–Kier alpha value is -3.13. The van der Waals surface area contributed by atoms with E-state index < -0.39 is 37.1 Å². The number of aliphatic hydroxyl groups excluding tert-OH is 3. The van der Waals surface area contributed by atoms with Gasteiger partial charge in [0.25, 0.3) is 5.95 Å². The summed E-state index contributed by atoms with van der Waals surface area (Å²) in [7, 11) is 0. The third-order valence-electron chi connectivity index (χ3n) is 4.53. The minimum absolute atomic E-state index is 0.0451. The van der Waals surface area contributed by atoms with E-state index in [0.717, 1.165) is 0 Å². The first kappa shape index (κ1) is 19.2. The highest BCUT2D eigenvalue weighted by atomic mass is 16.6. The van der Waals surface area contributed by atoms with Crippen LogP contribution in [0.4, 0.5) is 5.82 Å². The second-order valence-corrected chi connectivity index (χ2v) is 6.36. The first-order chi connectivity index (χ1) is 13.9. The number of aliphatic hydroxyl groups is 3. The molecule has 5 N–H and O–H groups in total. The fraction of sp³-hybridized carbons (Fsp3) is 0.438. The molecule has 1 aliphatic rings. The van der Waals surface area contributed by atoms with Crippen LogP contribution >= 0.6 is 0 Å². The van der Waals surface area contributed by atoms with Crippen LogP contribution in [0.2, 0.25) is 0 Å². The zero-order valence-electron chi connectivity index (χ0n) is 15.3. The average molecular weight is 405 g/mol. The molecule has 4 rings (SSSR count). The molecular weight excluding hydrogens is 386 g/mol. The van der Waals surface area contributed by atoms with Gasteiger partial charge in [0.1, 0.15) is 23.8 Å². The van der Waals surface area contributed by atoms with Crippen molar-refractivity contribution in [1.29, 1.82) is 0 Å². The highest BCUT2D eigenvalue weighted by Gasteiger charge is 2.44. The molecule has 0 bridgehead atoms. The Morgan fingerprint density at radius 1 is 1.34 bits per heavy atom. The van der Waals surface area contributed by atoms with E-state index >= 15 is 0 Å². The molecule has 4 atom stereocenters. The van der Waals surface area contributed by atoms with Crippen molar-refractivity contribution in [1.82, 2.24) is 29.3 Å². The van der Waals surface area contributed by atoms with Crippen LogP contribution in [0.25, 0.3) is 17.1 Å². The SMILES string of the molecule is CCOC(=O)c1cnn(-c2nc(N)c3ncn(C4O[C@H](CO)[C@@H](O)C4O)c3n2)c1. The normalized spacial score (nSPS) is 24.3. The van der Waals surface area contributed by atoms with Gasteiger partial charge in [-0.25, -0.2) is 14.5 Å². The van der Waals surface area contributed by atoms with E-state index in [9.17, 15) is 20.1 Å². The lowest BCUT2D eigenvalue weighted by Gasteiger charge is -2.16. The highest BCUT2D eigenvalue weighted by Crippen LogP contribution is 2.32. The summed E-state index contributed by atoms with van der Waals surface area (Å²) in [6, 6.07) is 0. The first-order valence-corrected chi connectivity index (χ1v) is 8.79. The topological polar surface area (TPSA) is 184 Å². The smallest absolute Gasteiger partial charge is 0.341 e. The molecule has 13 heteroatoms. The molecule has 154 valence electrons. The van der Waals surface area contributed by atoms with Crippen LogP contribution in [-0.4, -0.2) is 82.1 Å². The van der Waals surface area contributed by atoms with E-state index in [1.165, 1.54) is 28.0 Å². The lowest BCUT2D eigenvalue weighted by molar-refractivity contribution is -0.0511. The molecule has 2 unspecified atom stereocenters. The Labute approximate surface area is 163 Å². The van der Waals surface area contributed by atoms with E-state index in [0.29, 0.717) is 0 Å². The predicted molar refractivity (Wildman–Crippen MR) is 95.8 cm³/mol. The minimum Gasteiger partial charge on any atom is -0.462 e. The van der Waals surface area contributed by atoms with Crippen LogP contribution in [0, 0.1) is 0 Å². The standard InChI is InChI=1S/C16H19N7O6/c1-2-28-15(27)7-3-19-23(4-7)16-20-12(17)9-13(21-16)22(6-18-9)14-11(26)10(25)8(5-24)29-14/h3-4,6,8,10-11,14,24-26H,2,5H2,1H3,(H2,17,20,21)/t8-,10-,11?,14?/m1/s1. The molecule has 13 nitrogen and oxygen atoms in total. The zero-order valence-corrected chi connectivity index (χ0v) is 15.3. The molecule has 0 radical (unpaired) electrons. The molecule has 29 heavy (non-hydrogen) atoms. The van der Waals surface area contributed by atoms with E-state index in [4.69, 9.17) is 15.2 Å². The molecule has 0 aromatic carbocycles. The minimum atomic E-state index is -1.32. The van der Waals surface area contributed by atoms with Gasteiger partial charge in [-0.1, -0.05) is 0 Å². The molecule has 1 aliphatic heterocycles. The molecule has 4 heterocycles. The highest BCUT2D eigenvalue weighted by molar-refractivity contribution is 5.89.